The third-order valence-electron chi connectivity index (χ3n) is 3.37. The maximum Gasteiger partial charge on any atom is 0.277 e. The summed E-state index contributed by atoms with van der Waals surface area (Å²) in [5.41, 5.74) is 3.03. The average Bonchev–Trinajstić information content (AvgIpc) is 3.07. The summed E-state index contributed by atoms with van der Waals surface area (Å²) in [7, 11) is 0. The molecule has 2 aliphatic rings. The van der Waals surface area contributed by atoms with Crippen molar-refractivity contribution in [1.29, 1.82) is 0 Å². The molecule has 0 amide bonds. The lowest BCUT2D eigenvalue weighted by Gasteiger charge is -2.03. The summed E-state index contributed by atoms with van der Waals surface area (Å²) in [5, 5.41) is 0.398. The van der Waals surface area contributed by atoms with Gasteiger partial charge in [-0.05, 0) is 0 Å². The number of pyridine rings is 1. The Hall–Kier alpha value is -2.57. The molecule has 0 aromatic carbocycles. The van der Waals surface area contributed by atoms with Crippen LogP contribution in [-0.2, 0) is 12.8 Å². The zero-order chi connectivity index (χ0) is 12.8. The Morgan fingerprint density at radius 2 is 2.37 bits per heavy atom. The SMILES string of the molecule is O=c1[nH]c2c(c3c1=NC=N3)CC(Cc1c[nH]cn1)N=2. The summed E-state index contributed by atoms with van der Waals surface area (Å²) in [4.78, 5) is 34.4. The van der Waals surface area contributed by atoms with Crippen LogP contribution in [0.5, 0.6) is 0 Å². The first kappa shape index (κ1) is 10.4. The fourth-order valence-electron chi connectivity index (χ4n) is 2.54. The van der Waals surface area contributed by atoms with Crippen molar-refractivity contribution in [2.75, 3.05) is 0 Å². The van der Waals surface area contributed by atoms with Gasteiger partial charge in [-0.25, -0.2) is 15.0 Å². The first-order chi connectivity index (χ1) is 9.31. The molecule has 2 aromatic heterocycles. The molecule has 4 heterocycles. The molecular weight excluding hydrogens is 244 g/mol. The minimum Gasteiger partial charge on any atom is -0.351 e. The van der Waals surface area contributed by atoms with Crippen LogP contribution in [0.4, 0.5) is 5.69 Å². The van der Waals surface area contributed by atoms with Crippen LogP contribution in [-0.4, -0.2) is 27.3 Å². The van der Waals surface area contributed by atoms with Crippen LogP contribution in [0.2, 0.25) is 0 Å². The van der Waals surface area contributed by atoms with Crippen LogP contribution in [0, 0.1) is 0 Å². The van der Waals surface area contributed by atoms with E-state index in [1.54, 1.807) is 6.33 Å². The fourth-order valence-corrected chi connectivity index (χ4v) is 2.54. The lowest BCUT2D eigenvalue weighted by Crippen LogP contribution is -2.34. The molecule has 0 saturated heterocycles. The number of hydrogen-bond acceptors (Lipinski definition) is 5. The molecule has 1 atom stereocenters. The molecule has 4 rings (SSSR count). The normalized spacial score (nSPS) is 18.8. The first-order valence-electron chi connectivity index (χ1n) is 6.02. The molecule has 0 spiro atoms. The summed E-state index contributed by atoms with van der Waals surface area (Å²) in [6, 6.07) is 0.0938. The maximum absolute atomic E-state index is 11.8. The van der Waals surface area contributed by atoms with Gasteiger partial charge in [0.15, 0.2) is 5.36 Å². The highest BCUT2D eigenvalue weighted by Crippen LogP contribution is 2.19. The molecular formula is C12H10N6O. The number of nitrogens with one attached hydrogen (secondary N) is 2. The smallest absolute Gasteiger partial charge is 0.277 e. The highest BCUT2D eigenvalue weighted by atomic mass is 16.1. The van der Waals surface area contributed by atoms with Gasteiger partial charge in [-0.1, -0.05) is 0 Å². The van der Waals surface area contributed by atoms with Gasteiger partial charge < -0.3 is 9.97 Å². The van der Waals surface area contributed by atoms with E-state index in [1.165, 1.54) is 6.34 Å². The maximum atomic E-state index is 11.8. The van der Waals surface area contributed by atoms with Gasteiger partial charge in [0.05, 0.1) is 18.1 Å². The van der Waals surface area contributed by atoms with Gasteiger partial charge in [0.2, 0.25) is 0 Å². The topological polar surface area (TPSA) is 98.6 Å². The van der Waals surface area contributed by atoms with Crippen LogP contribution < -0.4 is 16.4 Å². The van der Waals surface area contributed by atoms with Crippen molar-refractivity contribution in [2.24, 2.45) is 15.0 Å². The number of hydrogen-bond donors (Lipinski definition) is 2. The van der Waals surface area contributed by atoms with Gasteiger partial charge in [0.25, 0.3) is 5.56 Å². The van der Waals surface area contributed by atoms with Crippen LogP contribution in [0.25, 0.3) is 0 Å². The standard InChI is InChI=1S/C12H10N6O/c19-12-10-9(15-5-16-10)8-2-6(17-11(8)18-12)1-7-3-13-4-14-7/h3-6H,1-2H2,(H,13,14)(H,17,18,19). The average molecular weight is 254 g/mol. The number of aromatic nitrogens is 3. The Bertz CT molecular complexity index is 846. The van der Waals surface area contributed by atoms with E-state index in [-0.39, 0.29) is 11.6 Å². The molecule has 2 N–H and O–H groups in total. The van der Waals surface area contributed by atoms with Gasteiger partial charge in [-0.15, -0.1) is 0 Å². The van der Waals surface area contributed by atoms with E-state index in [0.717, 1.165) is 24.1 Å². The Morgan fingerprint density at radius 3 is 3.21 bits per heavy atom. The highest BCUT2D eigenvalue weighted by Gasteiger charge is 2.23. The molecule has 1 unspecified atom stereocenters. The second kappa shape index (κ2) is 3.71. The molecule has 94 valence electrons. The Balaban J connectivity index is 1.77. The number of aromatic amines is 2. The summed E-state index contributed by atoms with van der Waals surface area (Å²) >= 11 is 0. The van der Waals surface area contributed by atoms with Crippen molar-refractivity contribution in [3.63, 3.8) is 0 Å². The molecule has 0 radical (unpaired) electrons. The second-order valence-electron chi connectivity index (χ2n) is 4.60. The largest absolute Gasteiger partial charge is 0.351 e. The summed E-state index contributed by atoms with van der Waals surface area (Å²) in [6.07, 6.45) is 6.44. The van der Waals surface area contributed by atoms with E-state index in [0.29, 0.717) is 16.5 Å². The molecule has 7 heteroatoms. The predicted molar refractivity (Wildman–Crippen MR) is 67.3 cm³/mol. The molecule has 0 aliphatic carbocycles. The van der Waals surface area contributed by atoms with E-state index in [2.05, 4.69) is 29.9 Å². The molecule has 0 bridgehead atoms. The lowest BCUT2D eigenvalue weighted by molar-refractivity contribution is 0.678. The first-order valence-corrected chi connectivity index (χ1v) is 6.02. The fraction of sp³-hybridized carbons (Fsp3) is 0.250. The van der Waals surface area contributed by atoms with Crippen LogP contribution in [0.1, 0.15) is 11.3 Å². The number of imidazole rings is 1. The Morgan fingerprint density at radius 1 is 1.42 bits per heavy atom. The van der Waals surface area contributed by atoms with Crippen molar-refractivity contribution < 1.29 is 0 Å². The quantitative estimate of drug-likeness (QED) is 0.731. The van der Waals surface area contributed by atoms with Crippen molar-refractivity contribution >= 4 is 12.0 Å². The lowest BCUT2D eigenvalue weighted by atomic mass is 10.1. The molecule has 7 nitrogen and oxygen atoms in total. The third-order valence-corrected chi connectivity index (χ3v) is 3.37. The van der Waals surface area contributed by atoms with Crippen molar-refractivity contribution in [2.45, 2.75) is 18.9 Å². The van der Waals surface area contributed by atoms with Gasteiger partial charge in [0, 0.05) is 24.6 Å². The minimum atomic E-state index is -0.226. The van der Waals surface area contributed by atoms with Crippen LogP contribution in [0.15, 0.2) is 32.3 Å². The molecule has 19 heavy (non-hydrogen) atoms. The number of H-pyrrole nitrogens is 2. The van der Waals surface area contributed by atoms with E-state index < -0.39 is 0 Å². The van der Waals surface area contributed by atoms with Gasteiger partial charge in [-0.3, -0.25) is 9.79 Å². The highest BCUT2D eigenvalue weighted by molar-refractivity contribution is 5.68. The van der Waals surface area contributed by atoms with Crippen molar-refractivity contribution in [3.8, 4) is 0 Å². The second-order valence-corrected chi connectivity index (χ2v) is 4.60. The van der Waals surface area contributed by atoms with E-state index in [4.69, 9.17) is 0 Å². The molecule has 0 fully saturated rings. The van der Waals surface area contributed by atoms with E-state index >= 15 is 0 Å². The van der Waals surface area contributed by atoms with Crippen LogP contribution in [0.3, 0.4) is 0 Å². The molecule has 2 aromatic rings. The third kappa shape index (κ3) is 1.55. The number of fused-ring (bicyclic) bond motifs is 3. The zero-order valence-electron chi connectivity index (χ0n) is 9.92. The summed E-state index contributed by atoms with van der Waals surface area (Å²) < 4.78 is 0. The van der Waals surface area contributed by atoms with Crippen molar-refractivity contribution in [3.05, 3.63) is 45.0 Å². The molecule has 0 saturated carbocycles. The number of aliphatic imine (C=N–C) groups is 1. The van der Waals surface area contributed by atoms with E-state index in [9.17, 15) is 4.79 Å². The monoisotopic (exact) mass is 254 g/mol. The van der Waals surface area contributed by atoms with E-state index in [1.807, 2.05) is 6.20 Å². The van der Waals surface area contributed by atoms with Crippen LogP contribution >= 0.6 is 0 Å². The zero-order valence-corrected chi connectivity index (χ0v) is 9.92. The van der Waals surface area contributed by atoms with Crippen molar-refractivity contribution in [1.82, 2.24) is 15.0 Å². The minimum absolute atomic E-state index is 0.0938. The number of rotatable bonds is 2. The number of nitrogens with zero attached hydrogens (tertiary/aromatic N) is 4. The summed E-state index contributed by atoms with van der Waals surface area (Å²) in [5.74, 6) is 0. The van der Waals surface area contributed by atoms with Gasteiger partial charge >= 0.3 is 0 Å². The Labute approximate surface area is 106 Å². The molecule has 2 aliphatic heterocycles. The Kier molecular flexibility index (Phi) is 2.02. The van der Waals surface area contributed by atoms with Gasteiger partial charge in [-0.2, -0.15) is 0 Å². The predicted octanol–water partition coefficient (Wildman–Crippen LogP) is -0.822. The summed E-state index contributed by atoms with van der Waals surface area (Å²) in [6.45, 7) is 0. The van der Waals surface area contributed by atoms with Gasteiger partial charge in [0.1, 0.15) is 17.5 Å².